The summed E-state index contributed by atoms with van der Waals surface area (Å²) in [6, 6.07) is 4.55. The predicted octanol–water partition coefficient (Wildman–Crippen LogP) is 2.80. The van der Waals surface area contributed by atoms with E-state index >= 15 is 0 Å². The quantitative estimate of drug-likeness (QED) is 0.848. The molecular formula is C16H23FN2O2. The molecule has 1 aliphatic rings. The minimum atomic E-state index is -0.403. The van der Waals surface area contributed by atoms with Gasteiger partial charge < -0.3 is 15.4 Å². The predicted molar refractivity (Wildman–Crippen MR) is 81.0 cm³/mol. The number of rotatable bonds is 6. The molecule has 21 heavy (non-hydrogen) atoms. The highest BCUT2D eigenvalue weighted by molar-refractivity contribution is 5.99. The molecule has 0 bridgehead atoms. The minimum absolute atomic E-state index is 0.214. The summed E-state index contributed by atoms with van der Waals surface area (Å²) in [7, 11) is 0. The molecule has 4 nitrogen and oxygen atoms in total. The van der Waals surface area contributed by atoms with E-state index in [9.17, 15) is 9.18 Å². The standard InChI is InChI=1S/C16H23FN2O2/c1-3-14-11(8-9-21-14)10-19-16(20)12-6-5-7-13(17)15(12)18-4-2/h5-7,11,14,18H,3-4,8-10H2,1-2H3,(H,19,20). The molecule has 2 N–H and O–H groups in total. The number of amides is 1. The van der Waals surface area contributed by atoms with Crippen LogP contribution < -0.4 is 10.6 Å². The Morgan fingerprint density at radius 3 is 2.95 bits per heavy atom. The van der Waals surface area contributed by atoms with E-state index in [1.54, 1.807) is 12.1 Å². The average molecular weight is 294 g/mol. The molecule has 1 aliphatic heterocycles. The van der Waals surface area contributed by atoms with Crippen LogP contribution in [-0.4, -0.2) is 31.7 Å². The van der Waals surface area contributed by atoms with Gasteiger partial charge in [0.1, 0.15) is 5.82 Å². The molecule has 1 aromatic carbocycles. The van der Waals surface area contributed by atoms with Crippen LogP contribution >= 0.6 is 0 Å². The van der Waals surface area contributed by atoms with Crippen molar-refractivity contribution in [1.82, 2.24) is 5.32 Å². The van der Waals surface area contributed by atoms with Gasteiger partial charge in [-0.3, -0.25) is 4.79 Å². The van der Waals surface area contributed by atoms with E-state index in [0.717, 1.165) is 19.4 Å². The maximum absolute atomic E-state index is 13.8. The van der Waals surface area contributed by atoms with Gasteiger partial charge >= 0.3 is 0 Å². The molecule has 1 heterocycles. The third-order valence-electron chi connectivity index (χ3n) is 3.89. The molecule has 1 fully saturated rings. The molecule has 1 aromatic rings. The molecule has 2 atom stereocenters. The average Bonchev–Trinajstić information content (AvgIpc) is 2.94. The van der Waals surface area contributed by atoms with Gasteiger partial charge in [0, 0.05) is 25.6 Å². The molecule has 0 aromatic heterocycles. The van der Waals surface area contributed by atoms with E-state index in [2.05, 4.69) is 17.6 Å². The molecule has 116 valence electrons. The lowest BCUT2D eigenvalue weighted by Gasteiger charge is -2.18. The molecule has 5 heteroatoms. The van der Waals surface area contributed by atoms with E-state index in [1.807, 2.05) is 6.92 Å². The maximum atomic E-state index is 13.8. The monoisotopic (exact) mass is 294 g/mol. The van der Waals surface area contributed by atoms with Crippen molar-refractivity contribution in [3.8, 4) is 0 Å². The molecule has 0 saturated carbocycles. The molecule has 0 spiro atoms. The van der Waals surface area contributed by atoms with Crippen molar-refractivity contribution in [3.05, 3.63) is 29.6 Å². The number of para-hydroxylation sites is 1. The SMILES string of the molecule is CCNc1c(F)cccc1C(=O)NCC1CCOC1CC. The fraction of sp³-hybridized carbons (Fsp3) is 0.562. The highest BCUT2D eigenvalue weighted by Gasteiger charge is 2.27. The Kier molecular flexibility index (Phi) is 5.56. The van der Waals surface area contributed by atoms with Gasteiger partial charge in [-0.2, -0.15) is 0 Å². The van der Waals surface area contributed by atoms with E-state index in [4.69, 9.17) is 4.74 Å². The van der Waals surface area contributed by atoms with E-state index in [1.165, 1.54) is 6.07 Å². The molecule has 2 rings (SSSR count). The van der Waals surface area contributed by atoms with Crippen molar-refractivity contribution in [1.29, 1.82) is 0 Å². The van der Waals surface area contributed by atoms with Crippen molar-refractivity contribution < 1.29 is 13.9 Å². The third kappa shape index (κ3) is 3.73. The minimum Gasteiger partial charge on any atom is -0.382 e. The summed E-state index contributed by atoms with van der Waals surface area (Å²) >= 11 is 0. The number of hydrogen-bond donors (Lipinski definition) is 2. The highest BCUT2D eigenvalue weighted by Crippen LogP contribution is 2.23. The number of ether oxygens (including phenoxy) is 1. The first-order valence-corrected chi connectivity index (χ1v) is 7.59. The van der Waals surface area contributed by atoms with Crippen LogP contribution in [0.2, 0.25) is 0 Å². The number of benzene rings is 1. The normalized spacial score (nSPS) is 21.3. The smallest absolute Gasteiger partial charge is 0.253 e. The Morgan fingerprint density at radius 2 is 2.24 bits per heavy atom. The van der Waals surface area contributed by atoms with E-state index in [-0.39, 0.29) is 17.7 Å². The fourth-order valence-electron chi connectivity index (χ4n) is 2.77. The van der Waals surface area contributed by atoms with E-state index < -0.39 is 5.82 Å². The van der Waals surface area contributed by atoms with Crippen LogP contribution in [0.25, 0.3) is 0 Å². The highest BCUT2D eigenvalue weighted by atomic mass is 19.1. The maximum Gasteiger partial charge on any atom is 0.253 e. The second kappa shape index (κ2) is 7.41. The van der Waals surface area contributed by atoms with Crippen molar-refractivity contribution in [2.75, 3.05) is 25.0 Å². The van der Waals surface area contributed by atoms with Gasteiger partial charge in [-0.1, -0.05) is 13.0 Å². The lowest BCUT2D eigenvalue weighted by Crippen LogP contribution is -2.33. The van der Waals surface area contributed by atoms with Gasteiger partial charge in [0.2, 0.25) is 0 Å². The zero-order valence-corrected chi connectivity index (χ0v) is 12.6. The topological polar surface area (TPSA) is 50.4 Å². The first kappa shape index (κ1) is 15.8. The summed E-state index contributed by atoms with van der Waals surface area (Å²) in [4.78, 5) is 12.3. The molecule has 1 saturated heterocycles. The van der Waals surface area contributed by atoms with Crippen LogP contribution in [0, 0.1) is 11.7 Å². The molecule has 2 unspecified atom stereocenters. The summed E-state index contributed by atoms with van der Waals surface area (Å²) in [5.74, 6) is -0.303. The number of anilines is 1. The zero-order chi connectivity index (χ0) is 15.2. The van der Waals surface area contributed by atoms with Crippen LogP contribution in [0.15, 0.2) is 18.2 Å². The van der Waals surface area contributed by atoms with Gasteiger partial charge in [0.05, 0.1) is 17.4 Å². The number of halogens is 1. The summed E-state index contributed by atoms with van der Waals surface area (Å²) in [5.41, 5.74) is 0.621. The molecule has 0 aliphatic carbocycles. The first-order chi connectivity index (χ1) is 10.2. The zero-order valence-electron chi connectivity index (χ0n) is 12.6. The molecule has 1 amide bonds. The van der Waals surface area contributed by atoms with Gasteiger partial charge in [-0.15, -0.1) is 0 Å². The molecule has 0 radical (unpaired) electrons. The lowest BCUT2D eigenvalue weighted by atomic mass is 9.99. The van der Waals surface area contributed by atoms with Crippen molar-refractivity contribution >= 4 is 11.6 Å². The summed E-state index contributed by atoms with van der Waals surface area (Å²) < 4.78 is 19.4. The Morgan fingerprint density at radius 1 is 1.43 bits per heavy atom. The second-order valence-corrected chi connectivity index (χ2v) is 5.27. The van der Waals surface area contributed by atoms with Gasteiger partial charge in [0.15, 0.2) is 0 Å². The number of carbonyl (C=O) groups excluding carboxylic acids is 1. The van der Waals surface area contributed by atoms with Crippen LogP contribution in [0.4, 0.5) is 10.1 Å². The summed E-state index contributed by atoms with van der Waals surface area (Å²) in [6.07, 6.45) is 2.12. The van der Waals surface area contributed by atoms with Crippen LogP contribution in [0.3, 0.4) is 0 Å². The van der Waals surface area contributed by atoms with E-state index in [0.29, 0.717) is 24.6 Å². The number of carbonyl (C=O) groups is 1. The Labute approximate surface area is 125 Å². The van der Waals surface area contributed by atoms with Gasteiger partial charge in [-0.25, -0.2) is 4.39 Å². The third-order valence-corrected chi connectivity index (χ3v) is 3.89. The lowest BCUT2D eigenvalue weighted by molar-refractivity contribution is 0.0827. The Bertz CT molecular complexity index is 493. The van der Waals surface area contributed by atoms with Crippen LogP contribution in [-0.2, 0) is 4.74 Å². The van der Waals surface area contributed by atoms with Crippen molar-refractivity contribution in [3.63, 3.8) is 0 Å². The van der Waals surface area contributed by atoms with Crippen molar-refractivity contribution in [2.24, 2.45) is 5.92 Å². The second-order valence-electron chi connectivity index (χ2n) is 5.27. The van der Waals surface area contributed by atoms with Crippen LogP contribution in [0.5, 0.6) is 0 Å². The fourth-order valence-corrected chi connectivity index (χ4v) is 2.77. The van der Waals surface area contributed by atoms with Crippen molar-refractivity contribution in [2.45, 2.75) is 32.8 Å². The Hall–Kier alpha value is -1.62. The summed E-state index contributed by atoms with van der Waals surface area (Å²) in [5, 5.41) is 5.82. The Balaban J connectivity index is 2.02. The first-order valence-electron chi connectivity index (χ1n) is 7.59. The largest absolute Gasteiger partial charge is 0.382 e. The van der Waals surface area contributed by atoms with Crippen LogP contribution in [0.1, 0.15) is 37.0 Å². The molecular weight excluding hydrogens is 271 g/mol. The summed E-state index contributed by atoms with van der Waals surface area (Å²) in [6.45, 7) is 5.84. The van der Waals surface area contributed by atoms with Gasteiger partial charge in [-0.05, 0) is 31.9 Å². The number of nitrogens with one attached hydrogen (secondary N) is 2. The number of hydrogen-bond acceptors (Lipinski definition) is 3. The van der Waals surface area contributed by atoms with Gasteiger partial charge in [0.25, 0.3) is 5.91 Å².